The summed E-state index contributed by atoms with van der Waals surface area (Å²) in [4.78, 5) is 12.8. The summed E-state index contributed by atoms with van der Waals surface area (Å²) in [6, 6.07) is 0.0839. The lowest BCUT2D eigenvalue weighted by Gasteiger charge is -2.34. The van der Waals surface area contributed by atoms with Crippen LogP contribution in [0.25, 0.3) is 0 Å². The third-order valence-electron chi connectivity index (χ3n) is 1.99. The molecule has 2 bridgehead atoms. The first-order valence-electron chi connectivity index (χ1n) is 3.56. The SMILES string of the molecule is O=C1NCC2C=CCN1C2. The number of carbonyl (C=O) groups excluding carboxylic acids is 1. The van der Waals surface area contributed by atoms with Gasteiger partial charge in [0.15, 0.2) is 0 Å². The molecule has 0 aromatic rings. The maximum Gasteiger partial charge on any atom is 0.317 e. The molecule has 1 unspecified atom stereocenters. The Balaban J connectivity index is 2.18. The van der Waals surface area contributed by atoms with Crippen LogP contribution in [0.5, 0.6) is 0 Å². The van der Waals surface area contributed by atoms with Gasteiger partial charge in [-0.15, -0.1) is 0 Å². The third kappa shape index (κ3) is 0.781. The smallest absolute Gasteiger partial charge is 0.317 e. The predicted octanol–water partition coefficient (Wildman–Crippen LogP) is 0.198. The Hall–Kier alpha value is -0.990. The molecule has 1 fully saturated rings. The third-order valence-corrected chi connectivity index (χ3v) is 1.99. The van der Waals surface area contributed by atoms with E-state index in [9.17, 15) is 4.79 Å². The minimum atomic E-state index is 0.0839. The summed E-state index contributed by atoms with van der Waals surface area (Å²) in [6.07, 6.45) is 4.24. The van der Waals surface area contributed by atoms with Crippen molar-refractivity contribution in [1.29, 1.82) is 0 Å². The highest BCUT2D eigenvalue weighted by atomic mass is 16.2. The van der Waals surface area contributed by atoms with Crippen LogP contribution >= 0.6 is 0 Å². The summed E-state index contributed by atoms with van der Waals surface area (Å²) in [7, 11) is 0. The molecule has 2 aliphatic rings. The fourth-order valence-electron chi connectivity index (χ4n) is 1.43. The molecule has 0 aromatic carbocycles. The molecule has 54 valence electrons. The first-order valence-corrected chi connectivity index (χ1v) is 3.56. The normalized spacial score (nSPS) is 30.2. The number of amides is 2. The van der Waals surface area contributed by atoms with Gasteiger partial charge in [0, 0.05) is 25.6 Å². The van der Waals surface area contributed by atoms with Gasteiger partial charge < -0.3 is 10.2 Å². The number of nitrogens with one attached hydrogen (secondary N) is 1. The second-order valence-electron chi connectivity index (χ2n) is 2.78. The zero-order chi connectivity index (χ0) is 6.97. The van der Waals surface area contributed by atoms with Gasteiger partial charge in [-0.1, -0.05) is 12.2 Å². The molecule has 2 heterocycles. The lowest BCUT2D eigenvalue weighted by molar-refractivity contribution is 0.178. The van der Waals surface area contributed by atoms with Crippen LogP contribution in [0.4, 0.5) is 4.79 Å². The van der Waals surface area contributed by atoms with Crippen LogP contribution in [-0.2, 0) is 0 Å². The van der Waals surface area contributed by atoms with E-state index in [0.29, 0.717) is 5.92 Å². The number of hydrogen-bond donors (Lipinski definition) is 1. The van der Waals surface area contributed by atoms with E-state index in [0.717, 1.165) is 19.6 Å². The van der Waals surface area contributed by atoms with Gasteiger partial charge in [-0.25, -0.2) is 4.79 Å². The van der Waals surface area contributed by atoms with Crippen molar-refractivity contribution < 1.29 is 4.79 Å². The second kappa shape index (κ2) is 2.01. The summed E-state index contributed by atoms with van der Waals surface area (Å²) in [5.41, 5.74) is 0. The number of urea groups is 1. The average molecular weight is 138 g/mol. The maximum atomic E-state index is 11.0. The van der Waals surface area contributed by atoms with E-state index >= 15 is 0 Å². The number of rotatable bonds is 0. The highest BCUT2D eigenvalue weighted by Gasteiger charge is 2.24. The van der Waals surface area contributed by atoms with Gasteiger partial charge in [0.2, 0.25) is 0 Å². The van der Waals surface area contributed by atoms with E-state index in [1.165, 1.54) is 0 Å². The van der Waals surface area contributed by atoms with Crippen LogP contribution in [0, 0.1) is 5.92 Å². The van der Waals surface area contributed by atoms with Gasteiger partial charge in [-0.05, 0) is 0 Å². The molecule has 2 rings (SSSR count). The molecule has 10 heavy (non-hydrogen) atoms. The lowest BCUT2D eigenvalue weighted by Crippen LogP contribution is -2.52. The molecular weight excluding hydrogens is 128 g/mol. The van der Waals surface area contributed by atoms with E-state index in [2.05, 4.69) is 17.5 Å². The van der Waals surface area contributed by atoms with Crippen molar-refractivity contribution >= 4 is 6.03 Å². The van der Waals surface area contributed by atoms with Gasteiger partial charge in [0.1, 0.15) is 0 Å². The van der Waals surface area contributed by atoms with Crippen molar-refractivity contribution in [2.75, 3.05) is 19.6 Å². The molecule has 1 N–H and O–H groups in total. The largest absolute Gasteiger partial charge is 0.337 e. The van der Waals surface area contributed by atoms with Crippen LogP contribution in [0.15, 0.2) is 12.2 Å². The maximum absolute atomic E-state index is 11.0. The molecule has 2 aliphatic heterocycles. The van der Waals surface area contributed by atoms with E-state index in [4.69, 9.17) is 0 Å². The Kier molecular flexibility index (Phi) is 1.16. The minimum Gasteiger partial charge on any atom is -0.337 e. The fraction of sp³-hybridized carbons (Fsp3) is 0.571. The predicted molar refractivity (Wildman–Crippen MR) is 37.6 cm³/mol. The summed E-state index contributed by atoms with van der Waals surface area (Å²) in [6.45, 7) is 2.50. The molecule has 1 saturated heterocycles. The van der Waals surface area contributed by atoms with Crippen molar-refractivity contribution in [1.82, 2.24) is 10.2 Å². The highest BCUT2D eigenvalue weighted by molar-refractivity contribution is 5.75. The van der Waals surface area contributed by atoms with E-state index in [1.54, 1.807) is 0 Å². The minimum absolute atomic E-state index is 0.0839. The summed E-state index contributed by atoms with van der Waals surface area (Å²) < 4.78 is 0. The first-order chi connectivity index (χ1) is 4.86. The number of hydrogen-bond acceptors (Lipinski definition) is 1. The Bertz CT molecular complexity index is 188. The van der Waals surface area contributed by atoms with Gasteiger partial charge in [0.25, 0.3) is 0 Å². The monoisotopic (exact) mass is 138 g/mol. The lowest BCUT2D eigenvalue weighted by atomic mass is 10.0. The number of carbonyl (C=O) groups is 1. The summed E-state index contributed by atoms with van der Waals surface area (Å²) in [5, 5.41) is 2.82. The molecular formula is C7H10N2O. The fourth-order valence-corrected chi connectivity index (χ4v) is 1.43. The summed E-state index contributed by atoms with van der Waals surface area (Å²) in [5.74, 6) is 0.548. The Labute approximate surface area is 59.7 Å². The van der Waals surface area contributed by atoms with Crippen LogP contribution in [-0.4, -0.2) is 30.6 Å². The van der Waals surface area contributed by atoms with E-state index in [1.807, 2.05) is 4.90 Å². The quantitative estimate of drug-likeness (QED) is 0.476. The van der Waals surface area contributed by atoms with E-state index < -0.39 is 0 Å². The molecule has 0 radical (unpaired) electrons. The number of nitrogens with zero attached hydrogens (tertiary/aromatic N) is 1. The molecule has 0 spiro atoms. The average Bonchev–Trinajstić information content (AvgIpc) is 1.99. The Morgan fingerprint density at radius 1 is 1.70 bits per heavy atom. The highest BCUT2D eigenvalue weighted by Crippen LogP contribution is 2.12. The van der Waals surface area contributed by atoms with Crippen molar-refractivity contribution in [3.63, 3.8) is 0 Å². The topological polar surface area (TPSA) is 32.3 Å². The van der Waals surface area contributed by atoms with Crippen molar-refractivity contribution in [3.8, 4) is 0 Å². The summed E-state index contributed by atoms with van der Waals surface area (Å²) >= 11 is 0. The van der Waals surface area contributed by atoms with Crippen LogP contribution in [0.3, 0.4) is 0 Å². The molecule has 2 amide bonds. The Morgan fingerprint density at radius 2 is 2.60 bits per heavy atom. The van der Waals surface area contributed by atoms with Gasteiger partial charge in [-0.3, -0.25) is 0 Å². The molecule has 0 aromatic heterocycles. The molecule has 0 aliphatic carbocycles. The van der Waals surface area contributed by atoms with Gasteiger partial charge >= 0.3 is 6.03 Å². The van der Waals surface area contributed by atoms with Gasteiger partial charge in [0.05, 0.1) is 0 Å². The van der Waals surface area contributed by atoms with Crippen molar-refractivity contribution in [3.05, 3.63) is 12.2 Å². The standard InChI is InChI=1S/C7H10N2O/c10-7-8-4-6-2-1-3-9(7)5-6/h1-2,6H,3-5H2,(H,8,10). The Morgan fingerprint density at radius 3 is 3.40 bits per heavy atom. The first kappa shape index (κ1) is 5.77. The molecule has 3 nitrogen and oxygen atoms in total. The molecule has 1 atom stereocenters. The second-order valence-corrected chi connectivity index (χ2v) is 2.78. The van der Waals surface area contributed by atoms with Crippen molar-refractivity contribution in [2.24, 2.45) is 5.92 Å². The van der Waals surface area contributed by atoms with Gasteiger partial charge in [-0.2, -0.15) is 0 Å². The van der Waals surface area contributed by atoms with E-state index in [-0.39, 0.29) is 6.03 Å². The number of fused-ring (bicyclic) bond motifs is 2. The van der Waals surface area contributed by atoms with Crippen LogP contribution in [0.1, 0.15) is 0 Å². The zero-order valence-corrected chi connectivity index (χ0v) is 5.71. The van der Waals surface area contributed by atoms with Crippen LogP contribution < -0.4 is 5.32 Å². The zero-order valence-electron chi connectivity index (χ0n) is 5.71. The van der Waals surface area contributed by atoms with Crippen LogP contribution in [0.2, 0.25) is 0 Å². The molecule has 0 saturated carbocycles. The van der Waals surface area contributed by atoms with Crippen molar-refractivity contribution in [2.45, 2.75) is 0 Å². The molecule has 3 heteroatoms.